The molecule has 1 aliphatic rings. The van der Waals surface area contributed by atoms with Crippen LogP contribution in [0.15, 0.2) is 47.9 Å². The van der Waals surface area contributed by atoms with Crippen molar-refractivity contribution in [2.75, 3.05) is 26.2 Å². The third kappa shape index (κ3) is 3.72. The fourth-order valence-corrected chi connectivity index (χ4v) is 4.87. The van der Waals surface area contributed by atoms with E-state index in [0.29, 0.717) is 0 Å². The van der Waals surface area contributed by atoms with Crippen LogP contribution in [-0.4, -0.2) is 46.9 Å². The van der Waals surface area contributed by atoms with Gasteiger partial charge in [0, 0.05) is 37.1 Å². The molecule has 1 fully saturated rings. The Hall–Kier alpha value is -2.02. The highest BCUT2D eigenvalue weighted by Gasteiger charge is 2.25. The first kappa shape index (κ1) is 17.4. The largest absolute Gasteiger partial charge is 0.337 e. The number of thiazole rings is 1. The summed E-state index contributed by atoms with van der Waals surface area (Å²) in [7, 11) is 0. The van der Waals surface area contributed by atoms with E-state index >= 15 is 0 Å². The van der Waals surface area contributed by atoms with Crippen molar-refractivity contribution >= 4 is 44.9 Å². The Bertz CT molecular complexity index is 875. The molecule has 0 N–H and O–H groups in total. The summed E-state index contributed by atoms with van der Waals surface area (Å²) in [5.74, 6) is 0.102. The summed E-state index contributed by atoms with van der Waals surface area (Å²) < 4.78 is 1.24. The van der Waals surface area contributed by atoms with Crippen molar-refractivity contribution in [2.24, 2.45) is 0 Å². The lowest BCUT2D eigenvalue weighted by atomic mass is 10.2. The third-order valence-corrected chi connectivity index (χ3v) is 6.82. The molecule has 0 spiro atoms. The van der Waals surface area contributed by atoms with E-state index in [1.807, 2.05) is 34.6 Å². The van der Waals surface area contributed by atoms with Crippen LogP contribution in [0.3, 0.4) is 0 Å². The van der Waals surface area contributed by atoms with E-state index < -0.39 is 0 Å². The van der Waals surface area contributed by atoms with E-state index in [0.717, 1.165) is 41.6 Å². The maximum atomic E-state index is 12.4. The minimum atomic E-state index is 0.102. The SMILES string of the molecule is CC(c1nc2ccccc2s1)N1CCN(C(=O)/C=C/c2cccs2)CC1. The number of hydrogen-bond donors (Lipinski definition) is 0. The number of piperazine rings is 1. The van der Waals surface area contributed by atoms with Gasteiger partial charge in [-0.3, -0.25) is 9.69 Å². The number of carbonyl (C=O) groups excluding carboxylic acids is 1. The van der Waals surface area contributed by atoms with Gasteiger partial charge in [0.05, 0.1) is 16.3 Å². The zero-order chi connectivity index (χ0) is 17.9. The Morgan fingerprint density at radius 1 is 1.15 bits per heavy atom. The highest BCUT2D eigenvalue weighted by Crippen LogP contribution is 2.29. The number of thiophene rings is 1. The molecule has 0 radical (unpaired) electrons. The molecule has 1 aromatic carbocycles. The standard InChI is InChI=1S/C20H21N3OS2/c1-15(20-21-17-6-2-3-7-18(17)26-20)22-10-12-23(13-11-22)19(24)9-8-16-5-4-14-25-16/h2-9,14-15H,10-13H2,1H3/b9-8+. The van der Waals surface area contributed by atoms with Crippen LogP contribution in [0, 0.1) is 0 Å². The fourth-order valence-electron chi connectivity index (χ4n) is 3.20. The average molecular weight is 384 g/mol. The monoisotopic (exact) mass is 383 g/mol. The molecule has 6 heteroatoms. The van der Waals surface area contributed by atoms with Crippen molar-refractivity contribution in [1.29, 1.82) is 0 Å². The third-order valence-electron chi connectivity index (χ3n) is 4.77. The molecule has 0 saturated carbocycles. The number of hydrogen-bond acceptors (Lipinski definition) is 5. The lowest BCUT2D eigenvalue weighted by molar-refractivity contribution is -0.127. The zero-order valence-corrected chi connectivity index (χ0v) is 16.3. The Morgan fingerprint density at radius 2 is 1.96 bits per heavy atom. The molecule has 1 saturated heterocycles. The summed E-state index contributed by atoms with van der Waals surface area (Å²) in [6, 6.07) is 12.6. The van der Waals surface area contributed by atoms with E-state index in [-0.39, 0.29) is 11.9 Å². The Kier molecular flexibility index (Phi) is 5.15. The van der Waals surface area contributed by atoms with Crippen molar-refractivity contribution in [3.05, 3.63) is 57.7 Å². The van der Waals surface area contributed by atoms with Crippen LogP contribution in [0.5, 0.6) is 0 Å². The van der Waals surface area contributed by atoms with E-state index in [9.17, 15) is 4.79 Å². The molecule has 0 aliphatic carbocycles. The molecule has 4 nitrogen and oxygen atoms in total. The van der Waals surface area contributed by atoms with Crippen LogP contribution >= 0.6 is 22.7 Å². The van der Waals surface area contributed by atoms with Crippen molar-refractivity contribution in [2.45, 2.75) is 13.0 Å². The lowest BCUT2D eigenvalue weighted by Crippen LogP contribution is -2.48. The van der Waals surface area contributed by atoms with Gasteiger partial charge in [-0.25, -0.2) is 4.98 Å². The molecule has 3 heterocycles. The highest BCUT2D eigenvalue weighted by molar-refractivity contribution is 7.18. The number of amides is 1. The van der Waals surface area contributed by atoms with Crippen LogP contribution in [0.4, 0.5) is 0 Å². The van der Waals surface area contributed by atoms with Crippen molar-refractivity contribution < 1.29 is 4.79 Å². The minimum Gasteiger partial charge on any atom is -0.337 e. The molecule has 26 heavy (non-hydrogen) atoms. The van der Waals surface area contributed by atoms with Crippen LogP contribution in [0.2, 0.25) is 0 Å². The molecule has 1 aliphatic heterocycles. The Labute approximate surface area is 161 Å². The van der Waals surface area contributed by atoms with Gasteiger partial charge in [-0.05, 0) is 36.6 Å². The maximum Gasteiger partial charge on any atom is 0.246 e. The summed E-state index contributed by atoms with van der Waals surface area (Å²) in [6.45, 7) is 5.52. The van der Waals surface area contributed by atoms with Gasteiger partial charge in [-0.15, -0.1) is 22.7 Å². The first-order chi connectivity index (χ1) is 12.7. The van der Waals surface area contributed by atoms with E-state index in [1.165, 1.54) is 4.70 Å². The van der Waals surface area contributed by atoms with Gasteiger partial charge in [-0.1, -0.05) is 18.2 Å². The normalized spacial score (nSPS) is 17.2. The van der Waals surface area contributed by atoms with E-state index in [4.69, 9.17) is 4.98 Å². The van der Waals surface area contributed by atoms with Crippen molar-refractivity contribution in [3.8, 4) is 0 Å². The first-order valence-electron chi connectivity index (χ1n) is 8.81. The number of benzene rings is 1. The van der Waals surface area contributed by atoms with Gasteiger partial charge in [0.15, 0.2) is 0 Å². The molecule has 1 unspecified atom stereocenters. The maximum absolute atomic E-state index is 12.4. The quantitative estimate of drug-likeness (QED) is 0.631. The molecule has 2 aromatic heterocycles. The fraction of sp³-hybridized carbons (Fsp3) is 0.300. The molecule has 3 aromatic rings. The zero-order valence-electron chi connectivity index (χ0n) is 14.7. The first-order valence-corrected chi connectivity index (χ1v) is 10.5. The summed E-state index contributed by atoms with van der Waals surface area (Å²) in [4.78, 5) is 22.6. The number of carbonyl (C=O) groups is 1. The average Bonchev–Trinajstić information content (AvgIpc) is 3.35. The molecule has 1 amide bonds. The topological polar surface area (TPSA) is 36.4 Å². The Balaban J connectivity index is 1.36. The molecular formula is C20H21N3OS2. The van der Waals surface area contributed by atoms with Crippen LogP contribution in [0.25, 0.3) is 16.3 Å². The lowest BCUT2D eigenvalue weighted by Gasteiger charge is -2.37. The van der Waals surface area contributed by atoms with Gasteiger partial charge < -0.3 is 4.90 Å². The van der Waals surface area contributed by atoms with E-state index in [2.05, 4.69) is 30.0 Å². The van der Waals surface area contributed by atoms with Crippen molar-refractivity contribution in [1.82, 2.24) is 14.8 Å². The predicted molar refractivity (Wildman–Crippen MR) is 110 cm³/mol. The summed E-state index contributed by atoms with van der Waals surface area (Å²) >= 11 is 3.41. The van der Waals surface area contributed by atoms with Gasteiger partial charge in [0.25, 0.3) is 0 Å². The second kappa shape index (κ2) is 7.70. The van der Waals surface area contributed by atoms with E-state index in [1.54, 1.807) is 28.7 Å². The second-order valence-electron chi connectivity index (χ2n) is 6.41. The number of para-hydroxylation sites is 1. The molecule has 134 valence electrons. The van der Waals surface area contributed by atoms with Crippen LogP contribution < -0.4 is 0 Å². The summed E-state index contributed by atoms with van der Waals surface area (Å²) in [5, 5.41) is 3.18. The van der Waals surface area contributed by atoms with Gasteiger partial charge in [-0.2, -0.15) is 0 Å². The minimum absolute atomic E-state index is 0.102. The second-order valence-corrected chi connectivity index (χ2v) is 8.45. The molecule has 1 atom stereocenters. The summed E-state index contributed by atoms with van der Waals surface area (Å²) in [5.41, 5.74) is 1.08. The predicted octanol–water partition coefficient (Wildman–Crippen LogP) is 4.28. The number of fused-ring (bicyclic) bond motifs is 1. The smallest absolute Gasteiger partial charge is 0.246 e. The van der Waals surface area contributed by atoms with Crippen LogP contribution in [-0.2, 0) is 4.79 Å². The van der Waals surface area contributed by atoms with Crippen molar-refractivity contribution in [3.63, 3.8) is 0 Å². The van der Waals surface area contributed by atoms with Gasteiger partial charge in [0.1, 0.15) is 5.01 Å². The molecule has 4 rings (SSSR count). The highest BCUT2D eigenvalue weighted by atomic mass is 32.1. The molecular weight excluding hydrogens is 362 g/mol. The number of nitrogens with zero attached hydrogens (tertiary/aromatic N) is 3. The number of aromatic nitrogens is 1. The molecule has 0 bridgehead atoms. The van der Waals surface area contributed by atoms with Gasteiger partial charge >= 0.3 is 0 Å². The van der Waals surface area contributed by atoms with Crippen LogP contribution in [0.1, 0.15) is 22.9 Å². The summed E-state index contributed by atoms with van der Waals surface area (Å²) in [6.07, 6.45) is 3.60. The Morgan fingerprint density at radius 3 is 2.69 bits per heavy atom. The number of rotatable bonds is 4. The van der Waals surface area contributed by atoms with Gasteiger partial charge in [0.2, 0.25) is 5.91 Å².